The molecule has 6 N–H and O–H groups in total. The second kappa shape index (κ2) is 10.2. The van der Waals surface area contributed by atoms with Gasteiger partial charge in [0.2, 0.25) is 11.9 Å². The SMILES string of the molecule is CC(C)C(C)NC(=O)N[C@H]1CC[C@H](Nc2nc(NC3CC3)n3ncc(/C=C4\NC(=O)NC4=O)c3n2)CC1. The molecule has 1 atom stereocenters. The van der Waals surface area contributed by atoms with Gasteiger partial charge in [0.15, 0.2) is 5.65 Å². The third-order valence-corrected chi connectivity index (χ3v) is 7.08. The highest BCUT2D eigenvalue weighted by Gasteiger charge is 2.27. The third kappa shape index (κ3) is 5.92. The zero-order valence-electron chi connectivity index (χ0n) is 21.3. The number of rotatable bonds is 8. The van der Waals surface area contributed by atoms with Crippen LogP contribution in [-0.4, -0.2) is 61.7 Å². The number of aromatic nitrogens is 4. The molecule has 1 aliphatic heterocycles. The van der Waals surface area contributed by atoms with E-state index in [4.69, 9.17) is 0 Å². The van der Waals surface area contributed by atoms with Crippen LogP contribution >= 0.6 is 0 Å². The molecular weight excluding hydrogens is 476 g/mol. The maximum Gasteiger partial charge on any atom is 0.326 e. The molecule has 5 amide bonds. The van der Waals surface area contributed by atoms with Crippen LogP contribution in [-0.2, 0) is 4.79 Å². The van der Waals surface area contributed by atoms with E-state index >= 15 is 0 Å². The number of nitrogens with one attached hydrogen (secondary N) is 6. The number of anilines is 2. The van der Waals surface area contributed by atoms with E-state index < -0.39 is 11.9 Å². The summed E-state index contributed by atoms with van der Waals surface area (Å²) in [6.45, 7) is 6.18. The maximum atomic E-state index is 12.3. The van der Waals surface area contributed by atoms with E-state index in [0.29, 0.717) is 35.1 Å². The van der Waals surface area contributed by atoms with Gasteiger partial charge in [0.1, 0.15) is 5.70 Å². The Balaban J connectivity index is 1.27. The van der Waals surface area contributed by atoms with Gasteiger partial charge in [-0.2, -0.15) is 19.6 Å². The topological polar surface area (TPSA) is 166 Å². The molecule has 2 aliphatic carbocycles. The minimum absolute atomic E-state index is 0.114. The number of carbonyl (C=O) groups excluding carboxylic acids is 3. The molecule has 5 rings (SSSR count). The number of hydrogen-bond acceptors (Lipinski definition) is 8. The smallest absolute Gasteiger partial charge is 0.326 e. The number of hydrogen-bond donors (Lipinski definition) is 6. The second-order valence-corrected chi connectivity index (χ2v) is 10.4. The summed E-state index contributed by atoms with van der Waals surface area (Å²) in [6.07, 6.45) is 8.74. The van der Waals surface area contributed by atoms with Crippen molar-refractivity contribution in [2.75, 3.05) is 10.6 Å². The zero-order valence-corrected chi connectivity index (χ0v) is 21.3. The first-order valence-electron chi connectivity index (χ1n) is 12.9. The Morgan fingerprint density at radius 2 is 1.68 bits per heavy atom. The zero-order chi connectivity index (χ0) is 26.1. The van der Waals surface area contributed by atoms with Crippen molar-refractivity contribution in [3.63, 3.8) is 0 Å². The summed E-state index contributed by atoms with van der Waals surface area (Å²) in [6, 6.07) is 0.0922. The monoisotopic (exact) mass is 510 g/mol. The van der Waals surface area contributed by atoms with E-state index in [1.165, 1.54) is 0 Å². The lowest BCUT2D eigenvalue weighted by atomic mass is 9.91. The van der Waals surface area contributed by atoms with Crippen LogP contribution in [0.5, 0.6) is 0 Å². The molecule has 13 nitrogen and oxygen atoms in total. The molecule has 1 unspecified atom stereocenters. The summed E-state index contributed by atoms with van der Waals surface area (Å²) in [5.74, 6) is 0.927. The molecule has 0 spiro atoms. The van der Waals surface area contributed by atoms with Crippen molar-refractivity contribution in [1.82, 2.24) is 40.8 Å². The van der Waals surface area contributed by atoms with Crippen LogP contribution in [0.3, 0.4) is 0 Å². The van der Waals surface area contributed by atoms with Crippen LogP contribution in [0, 0.1) is 5.92 Å². The molecule has 3 fully saturated rings. The summed E-state index contributed by atoms with van der Waals surface area (Å²) in [5.41, 5.74) is 1.25. The molecule has 13 heteroatoms. The molecule has 3 aliphatic rings. The van der Waals surface area contributed by atoms with Gasteiger partial charge < -0.3 is 26.6 Å². The Hall–Kier alpha value is -3.90. The predicted molar refractivity (Wildman–Crippen MR) is 138 cm³/mol. The van der Waals surface area contributed by atoms with Gasteiger partial charge in [-0.1, -0.05) is 13.8 Å². The van der Waals surface area contributed by atoms with E-state index in [9.17, 15) is 14.4 Å². The number of fused-ring (bicyclic) bond motifs is 1. The van der Waals surface area contributed by atoms with Crippen LogP contribution in [0.1, 0.15) is 64.9 Å². The van der Waals surface area contributed by atoms with E-state index in [2.05, 4.69) is 60.8 Å². The van der Waals surface area contributed by atoms with Gasteiger partial charge in [0.05, 0.1) is 6.20 Å². The number of carbonyl (C=O) groups is 3. The van der Waals surface area contributed by atoms with Crippen molar-refractivity contribution in [3.05, 3.63) is 17.5 Å². The van der Waals surface area contributed by atoms with Crippen molar-refractivity contribution < 1.29 is 14.4 Å². The molecule has 0 bridgehead atoms. The average Bonchev–Trinajstić information content (AvgIpc) is 3.48. The first kappa shape index (κ1) is 24.8. The number of nitrogens with zero attached hydrogens (tertiary/aromatic N) is 4. The minimum Gasteiger partial charge on any atom is -0.351 e. The van der Waals surface area contributed by atoms with E-state index in [0.717, 1.165) is 38.5 Å². The number of urea groups is 2. The van der Waals surface area contributed by atoms with Crippen LogP contribution in [0.4, 0.5) is 21.5 Å². The summed E-state index contributed by atoms with van der Waals surface area (Å²) in [7, 11) is 0. The van der Waals surface area contributed by atoms with Gasteiger partial charge in [0, 0.05) is 29.7 Å². The summed E-state index contributed by atoms with van der Waals surface area (Å²) in [4.78, 5) is 45.2. The highest BCUT2D eigenvalue weighted by atomic mass is 16.2. The van der Waals surface area contributed by atoms with E-state index in [-0.39, 0.29) is 29.9 Å². The largest absolute Gasteiger partial charge is 0.351 e. The second-order valence-electron chi connectivity index (χ2n) is 10.4. The Kier molecular flexibility index (Phi) is 6.85. The van der Waals surface area contributed by atoms with Crippen molar-refractivity contribution in [2.45, 2.75) is 83.5 Å². The third-order valence-electron chi connectivity index (χ3n) is 7.08. The van der Waals surface area contributed by atoms with Crippen molar-refractivity contribution >= 4 is 41.6 Å². The van der Waals surface area contributed by atoms with Gasteiger partial charge >= 0.3 is 12.1 Å². The quantitative estimate of drug-likeness (QED) is 0.231. The van der Waals surface area contributed by atoms with E-state index in [1.54, 1.807) is 16.8 Å². The van der Waals surface area contributed by atoms with Crippen LogP contribution in [0.2, 0.25) is 0 Å². The minimum atomic E-state index is -0.558. The van der Waals surface area contributed by atoms with Gasteiger partial charge in [-0.05, 0) is 57.4 Å². The Morgan fingerprint density at radius 3 is 2.32 bits per heavy atom. The summed E-state index contributed by atoms with van der Waals surface area (Å²) >= 11 is 0. The lowest BCUT2D eigenvalue weighted by molar-refractivity contribution is -0.115. The van der Waals surface area contributed by atoms with E-state index in [1.807, 2.05) is 6.92 Å². The molecule has 1 saturated heterocycles. The normalized spacial score (nSPS) is 23.6. The van der Waals surface area contributed by atoms with Gasteiger partial charge in [-0.3, -0.25) is 10.1 Å². The Labute approximate surface area is 214 Å². The van der Waals surface area contributed by atoms with Gasteiger partial charge in [0.25, 0.3) is 5.91 Å². The molecule has 3 heterocycles. The Bertz CT molecular complexity index is 1230. The highest BCUT2D eigenvalue weighted by molar-refractivity contribution is 6.14. The molecule has 0 radical (unpaired) electrons. The molecule has 2 saturated carbocycles. The number of amides is 5. The molecule has 0 aromatic carbocycles. The first-order chi connectivity index (χ1) is 17.7. The van der Waals surface area contributed by atoms with Gasteiger partial charge in [-0.15, -0.1) is 0 Å². The van der Waals surface area contributed by atoms with Crippen LogP contribution in [0.25, 0.3) is 11.7 Å². The summed E-state index contributed by atoms with van der Waals surface area (Å²) in [5, 5.41) is 22.0. The van der Waals surface area contributed by atoms with Gasteiger partial charge in [-0.25, -0.2) is 9.59 Å². The maximum absolute atomic E-state index is 12.3. The fourth-order valence-corrected chi connectivity index (χ4v) is 4.37. The lowest BCUT2D eigenvalue weighted by Crippen LogP contribution is -2.48. The highest BCUT2D eigenvalue weighted by Crippen LogP contribution is 2.27. The Morgan fingerprint density at radius 1 is 1.00 bits per heavy atom. The predicted octanol–water partition coefficient (Wildman–Crippen LogP) is 1.95. The molecule has 2 aromatic heterocycles. The molecular formula is C24H34N10O3. The van der Waals surface area contributed by atoms with Crippen molar-refractivity contribution in [3.8, 4) is 0 Å². The molecule has 198 valence electrons. The number of imide groups is 1. The average molecular weight is 511 g/mol. The van der Waals surface area contributed by atoms with Crippen LogP contribution < -0.4 is 31.9 Å². The molecule has 37 heavy (non-hydrogen) atoms. The van der Waals surface area contributed by atoms with Crippen molar-refractivity contribution in [1.29, 1.82) is 0 Å². The van der Waals surface area contributed by atoms with Crippen molar-refractivity contribution in [2.24, 2.45) is 5.92 Å². The first-order valence-corrected chi connectivity index (χ1v) is 12.9. The van der Waals surface area contributed by atoms with Crippen LogP contribution in [0.15, 0.2) is 11.9 Å². The lowest BCUT2D eigenvalue weighted by Gasteiger charge is -2.30. The fraction of sp³-hybridized carbons (Fsp3) is 0.583. The fourth-order valence-electron chi connectivity index (χ4n) is 4.37. The molecule has 2 aromatic rings. The summed E-state index contributed by atoms with van der Waals surface area (Å²) < 4.78 is 1.61. The standard InChI is InChI=1S/C24H34N10O3/c1-12(2)13(3)26-23(36)29-17-8-4-15(5-9-17)27-21-31-19-14(10-18-20(35)32-24(37)30-18)11-25-34(19)22(33-21)28-16-6-7-16/h10-13,15-17H,4-9H2,1-3H3,(H2,26,29,36)(H2,27,28,31,33)(H2,30,32,35,37)/b18-10-/t13?,15-,17-.